The second-order valence-corrected chi connectivity index (χ2v) is 5.34. The van der Waals surface area contributed by atoms with Gasteiger partial charge in [0.05, 0.1) is 17.1 Å². The van der Waals surface area contributed by atoms with E-state index < -0.39 is 0 Å². The summed E-state index contributed by atoms with van der Waals surface area (Å²) in [7, 11) is 0. The van der Waals surface area contributed by atoms with Crippen molar-refractivity contribution < 1.29 is 9.13 Å². The molecule has 2 N–H and O–H groups in total. The molecule has 0 aliphatic rings. The van der Waals surface area contributed by atoms with Crippen molar-refractivity contribution in [3.05, 3.63) is 23.5 Å². The molecule has 0 spiro atoms. The van der Waals surface area contributed by atoms with E-state index >= 15 is 0 Å². The van der Waals surface area contributed by atoms with Crippen LogP contribution < -0.4 is 5.73 Å². The molecule has 1 heterocycles. The van der Waals surface area contributed by atoms with Gasteiger partial charge in [0, 0.05) is 19.2 Å². The number of benzene rings is 1. The summed E-state index contributed by atoms with van der Waals surface area (Å²) in [5.74, 6) is 0.197. The average molecular weight is 279 g/mol. The first-order chi connectivity index (χ1) is 9.49. The molecule has 0 atom stereocenters. The highest BCUT2D eigenvalue weighted by Crippen LogP contribution is 2.22. The summed E-state index contributed by atoms with van der Waals surface area (Å²) in [4.78, 5) is 4.21. The number of imidazole rings is 1. The molecule has 0 amide bonds. The van der Waals surface area contributed by atoms with Gasteiger partial charge in [-0.15, -0.1) is 0 Å². The number of nitrogens with two attached hydrogens (primary N) is 1. The zero-order valence-electron chi connectivity index (χ0n) is 12.3. The van der Waals surface area contributed by atoms with Crippen LogP contribution in [-0.2, 0) is 11.3 Å². The maximum absolute atomic E-state index is 13.5. The molecule has 20 heavy (non-hydrogen) atoms. The SMILES string of the molecule is Cc1cc2c(cc1F)nc(N)n2CCCCOC(C)C. The van der Waals surface area contributed by atoms with Gasteiger partial charge in [0.1, 0.15) is 5.82 Å². The van der Waals surface area contributed by atoms with E-state index in [0.29, 0.717) is 17.0 Å². The van der Waals surface area contributed by atoms with Gasteiger partial charge < -0.3 is 15.0 Å². The highest BCUT2D eigenvalue weighted by molar-refractivity contribution is 5.79. The van der Waals surface area contributed by atoms with Crippen molar-refractivity contribution in [3.63, 3.8) is 0 Å². The van der Waals surface area contributed by atoms with Gasteiger partial charge in [0.25, 0.3) is 0 Å². The number of aromatic nitrogens is 2. The van der Waals surface area contributed by atoms with Crippen molar-refractivity contribution in [1.29, 1.82) is 0 Å². The Kier molecular flexibility index (Phi) is 4.60. The van der Waals surface area contributed by atoms with Crippen molar-refractivity contribution in [3.8, 4) is 0 Å². The number of hydrogen-bond donors (Lipinski definition) is 1. The molecule has 0 saturated carbocycles. The van der Waals surface area contributed by atoms with Gasteiger partial charge in [0.2, 0.25) is 5.95 Å². The normalized spacial score (nSPS) is 11.7. The molecule has 110 valence electrons. The number of nitrogens with zero attached hydrogens (tertiary/aromatic N) is 2. The molecule has 2 rings (SSSR count). The van der Waals surface area contributed by atoms with Crippen LogP contribution in [0.15, 0.2) is 12.1 Å². The molecule has 0 radical (unpaired) electrons. The molecule has 0 fully saturated rings. The molecule has 0 aliphatic carbocycles. The number of halogens is 1. The number of fused-ring (bicyclic) bond motifs is 1. The Labute approximate surface area is 118 Å². The highest BCUT2D eigenvalue weighted by atomic mass is 19.1. The number of rotatable bonds is 6. The van der Waals surface area contributed by atoms with Crippen LogP contribution >= 0.6 is 0 Å². The first kappa shape index (κ1) is 14.8. The second kappa shape index (κ2) is 6.22. The standard InChI is InChI=1S/C15H22FN3O/c1-10(2)20-7-5-4-6-19-14-8-11(3)12(16)9-13(14)18-15(19)17/h8-10H,4-7H2,1-3H3,(H2,17,18). The minimum Gasteiger partial charge on any atom is -0.379 e. The Morgan fingerprint density at radius 2 is 2.10 bits per heavy atom. The topological polar surface area (TPSA) is 53.1 Å². The van der Waals surface area contributed by atoms with Crippen molar-refractivity contribution in [1.82, 2.24) is 9.55 Å². The predicted molar refractivity (Wildman–Crippen MR) is 79.2 cm³/mol. The van der Waals surface area contributed by atoms with E-state index in [1.54, 1.807) is 13.0 Å². The molecule has 2 aromatic rings. The van der Waals surface area contributed by atoms with Gasteiger partial charge in [-0.05, 0) is 45.2 Å². The quantitative estimate of drug-likeness (QED) is 0.826. The summed E-state index contributed by atoms with van der Waals surface area (Å²) in [6.45, 7) is 7.32. The monoisotopic (exact) mass is 279 g/mol. The zero-order chi connectivity index (χ0) is 14.7. The summed E-state index contributed by atoms with van der Waals surface area (Å²) >= 11 is 0. The average Bonchev–Trinajstić information content (AvgIpc) is 2.65. The van der Waals surface area contributed by atoms with Crippen molar-refractivity contribution in [2.24, 2.45) is 0 Å². The van der Waals surface area contributed by atoms with Crippen molar-refractivity contribution in [2.75, 3.05) is 12.3 Å². The fourth-order valence-electron chi connectivity index (χ4n) is 2.19. The maximum atomic E-state index is 13.5. The smallest absolute Gasteiger partial charge is 0.201 e. The van der Waals surface area contributed by atoms with E-state index in [9.17, 15) is 4.39 Å². The fraction of sp³-hybridized carbons (Fsp3) is 0.533. The van der Waals surface area contributed by atoms with Crippen LogP contribution in [0, 0.1) is 12.7 Å². The molecule has 0 unspecified atom stereocenters. The minimum absolute atomic E-state index is 0.243. The molecular weight excluding hydrogens is 257 g/mol. The predicted octanol–water partition coefficient (Wildman–Crippen LogP) is 3.27. The van der Waals surface area contributed by atoms with Gasteiger partial charge in [0.15, 0.2) is 0 Å². The lowest BCUT2D eigenvalue weighted by molar-refractivity contribution is 0.0755. The van der Waals surface area contributed by atoms with Crippen LogP contribution in [0.3, 0.4) is 0 Å². The first-order valence-corrected chi connectivity index (χ1v) is 7.02. The van der Waals surface area contributed by atoms with Crippen LogP contribution in [0.5, 0.6) is 0 Å². The fourth-order valence-corrected chi connectivity index (χ4v) is 2.19. The molecule has 1 aromatic carbocycles. The molecule has 0 bridgehead atoms. The van der Waals surface area contributed by atoms with Gasteiger partial charge in [-0.3, -0.25) is 0 Å². The lowest BCUT2D eigenvalue weighted by atomic mass is 10.2. The summed E-state index contributed by atoms with van der Waals surface area (Å²) < 4.78 is 21.0. The highest BCUT2D eigenvalue weighted by Gasteiger charge is 2.10. The Morgan fingerprint density at radius 3 is 2.80 bits per heavy atom. The summed E-state index contributed by atoms with van der Waals surface area (Å²) in [6, 6.07) is 3.25. The lowest BCUT2D eigenvalue weighted by Gasteiger charge is -2.09. The number of anilines is 1. The third kappa shape index (κ3) is 3.28. The number of nitrogen functional groups attached to an aromatic ring is 1. The van der Waals surface area contributed by atoms with E-state index in [1.165, 1.54) is 6.07 Å². The maximum Gasteiger partial charge on any atom is 0.201 e. The van der Waals surface area contributed by atoms with Gasteiger partial charge >= 0.3 is 0 Å². The van der Waals surface area contributed by atoms with E-state index in [4.69, 9.17) is 10.5 Å². The van der Waals surface area contributed by atoms with Gasteiger partial charge in [-0.25, -0.2) is 9.37 Å². The summed E-state index contributed by atoms with van der Waals surface area (Å²) in [5, 5.41) is 0. The molecule has 5 heteroatoms. The lowest BCUT2D eigenvalue weighted by Crippen LogP contribution is -2.07. The minimum atomic E-state index is -0.243. The number of aryl methyl sites for hydroxylation is 2. The Bertz CT molecular complexity index is 592. The molecule has 4 nitrogen and oxygen atoms in total. The van der Waals surface area contributed by atoms with Crippen molar-refractivity contribution >= 4 is 17.0 Å². The van der Waals surface area contributed by atoms with Crippen LogP contribution in [0.2, 0.25) is 0 Å². The molecular formula is C15H22FN3O. The molecule has 0 saturated heterocycles. The van der Waals surface area contributed by atoms with Crippen LogP contribution in [0.4, 0.5) is 10.3 Å². The number of hydrogen-bond acceptors (Lipinski definition) is 3. The summed E-state index contributed by atoms with van der Waals surface area (Å²) in [5.41, 5.74) is 8.04. The van der Waals surface area contributed by atoms with E-state index in [2.05, 4.69) is 4.98 Å². The Hall–Kier alpha value is -1.62. The van der Waals surface area contributed by atoms with Gasteiger partial charge in [-0.1, -0.05) is 0 Å². The molecule has 1 aromatic heterocycles. The first-order valence-electron chi connectivity index (χ1n) is 7.02. The van der Waals surface area contributed by atoms with Crippen LogP contribution in [0.25, 0.3) is 11.0 Å². The van der Waals surface area contributed by atoms with E-state index in [0.717, 1.165) is 31.5 Å². The Balaban J connectivity index is 2.06. The third-order valence-corrected chi connectivity index (χ3v) is 3.29. The second-order valence-electron chi connectivity index (χ2n) is 5.34. The van der Waals surface area contributed by atoms with Crippen LogP contribution in [-0.4, -0.2) is 22.3 Å². The van der Waals surface area contributed by atoms with E-state index in [-0.39, 0.29) is 11.9 Å². The van der Waals surface area contributed by atoms with Gasteiger partial charge in [-0.2, -0.15) is 0 Å². The summed E-state index contributed by atoms with van der Waals surface area (Å²) in [6.07, 6.45) is 2.19. The number of unbranched alkanes of at least 4 members (excludes halogenated alkanes) is 1. The van der Waals surface area contributed by atoms with E-state index in [1.807, 2.05) is 18.4 Å². The third-order valence-electron chi connectivity index (χ3n) is 3.29. The van der Waals surface area contributed by atoms with Crippen molar-refractivity contribution in [2.45, 2.75) is 46.3 Å². The van der Waals surface area contributed by atoms with Crippen LogP contribution in [0.1, 0.15) is 32.3 Å². The Morgan fingerprint density at radius 1 is 1.35 bits per heavy atom. The zero-order valence-corrected chi connectivity index (χ0v) is 12.3. The molecule has 0 aliphatic heterocycles. The largest absolute Gasteiger partial charge is 0.379 e. The number of ether oxygens (including phenoxy) is 1.